The van der Waals surface area contributed by atoms with Crippen LogP contribution in [-0.4, -0.2) is 35.2 Å². The molecular weight excluding hydrogens is 613 g/mol. The van der Waals surface area contributed by atoms with Crippen LogP contribution >= 0.6 is 0 Å². The van der Waals surface area contributed by atoms with Gasteiger partial charge >= 0.3 is 0 Å². The Balaban J connectivity index is 1.22. The van der Waals surface area contributed by atoms with Gasteiger partial charge in [0.25, 0.3) is 20.0 Å². The van der Waals surface area contributed by atoms with E-state index in [0.717, 1.165) is 22.3 Å². The molecule has 0 radical (unpaired) electrons. The molecule has 12 heteroatoms. The smallest absolute Gasteiger partial charge is 0.261 e. The van der Waals surface area contributed by atoms with Crippen molar-refractivity contribution < 1.29 is 26.4 Å². The maximum Gasteiger partial charge on any atom is 0.261 e. The van der Waals surface area contributed by atoms with Gasteiger partial charge in [-0.25, -0.2) is 16.8 Å². The van der Waals surface area contributed by atoms with Gasteiger partial charge in [-0.05, 0) is 116 Å². The largest absolute Gasteiger partial charge is 0.355 e. The standard InChI is InChI=1S/C33H36N4O6S2/c1-22-15-23(2)18-28(17-22)36-44(40,41)30-9-5-26(6-10-30)21-33(39)34-14-13-32(38)35-27-7-11-31(12-8-27)45(42,43)37-29-19-24(3)16-25(4)20-29/h5-12,15-20,36-37H,13-14,21H2,1-4H3,(H,34,39)(H,35,38). The van der Waals surface area contributed by atoms with Crippen molar-refractivity contribution in [3.05, 3.63) is 113 Å². The van der Waals surface area contributed by atoms with Crippen LogP contribution in [0.4, 0.5) is 17.1 Å². The summed E-state index contributed by atoms with van der Waals surface area (Å²) in [5, 5.41) is 5.36. The van der Waals surface area contributed by atoms with Crippen LogP contribution in [0.2, 0.25) is 0 Å². The van der Waals surface area contributed by atoms with Gasteiger partial charge in [0.2, 0.25) is 11.8 Å². The molecule has 236 valence electrons. The fourth-order valence-electron chi connectivity index (χ4n) is 4.79. The van der Waals surface area contributed by atoms with Gasteiger partial charge in [-0.15, -0.1) is 0 Å². The number of hydrogen-bond acceptors (Lipinski definition) is 6. The molecule has 0 bridgehead atoms. The van der Waals surface area contributed by atoms with Gasteiger partial charge in [-0.2, -0.15) is 0 Å². The third-order valence-electron chi connectivity index (χ3n) is 6.67. The van der Waals surface area contributed by atoms with Gasteiger partial charge in [0.1, 0.15) is 0 Å². The molecule has 4 N–H and O–H groups in total. The Hall–Kier alpha value is -4.68. The highest BCUT2D eigenvalue weighted by Gasteiger charge is 2.16. The number of carbonyl (C=O) groups is 2. The average molecular weight is 649 g/mol. The Morgan fingerprint density at radius 2 is 0.978 bits per heavy atom. The van der Waals surface area contributed by atoms with Gasteiger partial charge < -0.3 is 10.6 Å². The predicted octanol–water partition coefficient (Wildman–Crippen LogP) is 5.21. The summed E-state index contributed by atoms with van der Waals surface area (Å²) >= 11 is 0. The van der Waals surface area contributed by atoms with E-state index in [1.54, 1.807) is 36.4 Å². The molecule has 4 rings (SSSR count). The van der Waals surface area contributed by atoms with Gasteiger partial charge in [0.15, 0.2) is 0 Å². The number of anilines is 3. The summed E-state index contributed by atoms with van der Waals surface area (Å²) in [4.78, 5) is 24.9. The Bertz CT molecular complexity index is 1740. The van der Waals surface area contributed by atoms with E-state index in [1.165, 1.54) is 36.4 Å². The Labute approximate surface area is 264 Å². The zero-order chi connectivity index (χ0) is 32.8. The second kappa shape index (κ2) is 14.0. The maximum atomic E-state index is 12.8. The summed E-state index contributed by atoms with van der Waals surface area (Å²) in [7, 11) is -7.61. The number of amides is 2. The highest BCUT2D eigenvalue weighted by molar-refractivity contribution is 7.93. The van der Waals surface area contributed by atoms with Crippen molar-refractivity contribution >= 4 is 48.9 Å². The molecule has 2 amide bonds. The van der Waals surface area contributed by atoms with E-state index in [-0.39, 0.29) is 41.0 Å². The third-order valence-corrected chi connectivity index (χ3v) is 9.46. The number of hydrogen-bond donors (Lipinski definition) is 4. The summed E-state index contributed by atoms with van der Waals surface area (Å²) in [6.45, 7) is 7.63. The first-order valence-corrected chi connectivity index (χ1v) is 17.1. The SMILES string of the molecule is Cc1cc(C)cc(NS(=O)(=O)c2ccc(CC(=O)NCCC(=O)Nc3ccc(S(=O)(=O)Nc4cc(C)cc(C)c4)cc3)cc2)c1. The van der Waals surface area contributed by atoms with Gasteiger partial charge in [0, 0.05) is 30.0 Å². The number of rotatable bonds is 12. The third kappa shape index (κ3) is 9.65. The number of benzene rings is 4. The molecule has 45 heavy (non-hydrogen) atoms. The van der Waals surface area contributed by atoms with Crippen molar-refractivity contribution in [2.45, 2.75) is 50.3 Å². The van der Waals surface area contributed by atoms with E-state index in [0.29, 0.717) is 22.6 Å². The summed E-state index contributed by atoms with van der Waals surface area (Å²) in [5.41, 5.74) is 5.73. The van der Waals surface area contributed by atoms with E-state index in [2.05, 4.69) is 20.1 Å². The lowest BCUT2D eigenvalue weighted by Crippen LogP contribution is -2.28. The van der Waals surface area contributed by atoms with Gasteiger partial charge in [-0.1, -0.05) is 24.3 Å². The van der Waals surface area contributed by atoms with Crippen LogP contribution in [0.5, 0.6) is 0 Å². The molecule has 0 heterocycles. The molecule has 0 atom stereocenters. The molecule has 0 saturated carbocycles. The molecule has 10 nitrogen and oxygen atoms in total. The molecule has 0 saturated heterocycles. The summed E-state index contributed by atoms with van der Waals surface area (Å²) in [6, 6.07) is 22.7. The lowest BCUT2D eigenvalue weighted by atomic mass is 10.1. The van der Waals surface area contributed by atoms with E-state index in [9.17, 15) is 26.4 Å². The zero-order valence-corrected chi connectivity index (χ0v) is 27.1. The maximum absolute atomic E-state index is 12.8. The van der Waals surface area contributed by atoms with Crippen LogP contribution in [0.3, 0.4) is 0 Å². The lowest BCUT2D eigenvalue weighted by molar-refractivity contribution is -0.120. The number of nitrogens with one attached hydrogen (secondary N) is 4. The summed E-state index contributed by atoms with van der Waals surface area (Å²) in [6.07, 6.45) is 0.0138. The number of carbonyl (C=O) groups excluding carboxylic acids is 2. The second-order valence-corrected chi connectivity index (χ2v) is 14.3. The molecule has 4 aromatic rings. The molecular formula is C33H36N4O6S2. The molecule has 0 aliphatic carbocycles. The molecule has 0 unspecified atom stereocenters. The van der Waals surface area contributed by atoms with Crippen molar-refractivity contribution in [2.75, 3.05) is 21.3 Å². The van der Waals surface area contributed by atoms with Crippen LogP contribution in [0.25, 0.3) is 0 Å². The quantitative estimate of drug-likeness (QED) is 0.166. The molecule has 0 aliphatic heterocycles. The molecule has 0 fully saturated rings. The van der Waals surface area contributed by atoms with E-state index in [1.807, 2.05) is 39.8 Å². The van der Waals surface area contributed by atoms with Crippen molar-refractivity contribution in [2.24, 2.45) is 0 Å². The molecule has 0 spiro atoms. The first-order chi connectivity index (χ1) is 21.2. The zero-order valence-electron chi connectivity index (χ0n) is 25.5. The van der Waals surface area contributed by atoms with E-state index >= 15 is 0 Å². The minimum Gasteiger partial charge on any atom is -0.355 e. The first kappa shape index (κ1) is 33.2. The summed E-state index contributed by atoms with van der Waals surface area (Å²) < 4.78 is 56.3. The fourth-order valence-corrected chi connectivity index (χ4v) is 6.87. The average Bonchev–Trinajstić information content (AvgIpc) is 2.92. The van der Waals surface area contributed by atoms with Crippen LogP contribution < -0.4 is 20.1 Å². The first-order valence-electron chi connectivity index (χ1n) is 14.2. The van der Waals surface area contributed by atoms with Crippen molar-refractivity contribution in [1.82, 2.24) is 5.32 Å². The van der Waals surface area contributed by atoms with E-state index < -0.39 is 20.0 Å². The minimum absolute atomic E-state index is 0.00133. The molecule has 0 aliphatic rings. The van der Waals surface area contributed by atoms with Crippen LogP contribution in [0.1, 0.15) is 34.2 Å². The fraction of sp³-hybridized carbons (Fsp3) is 0.212. The number of aryl methyl sites for hydroxylation is 4. The highest BCUT2D eigenvalue weighted by Crippen LogP contribution is 2.21. The Morgan fingerprint density at radius 3 is 1.42 bits per heavy atom. The van der Waals surface area contributed by atoms with Gasteiger partial charge in [0.05, 0.1) is 16.2 Å². The second-order valence-electron chi connectivity index (χ2n) is 11.0. The van der Waals surface area contributed by atoms with E-state index in [4.69, 9.17) is 0 Å². The monoisotopic (exact) mass is 648 g/mol. The minimum atomic E-state index is -3.81. The van der Waals surface area contributed by atoms with Crippen molar-refractivity contribution in [3.8, 4) is 0 Å². The van der Waals surface area contributed by atoms with Crippen LogP contribution in [0.15, 0.2) is 94.7 Å². The van der Waals surface area contributed by atoms with Crippen molar-refractivity contribution in [3.63, 3.8) is 0 Å². The van der Waals surface area contributed by atoms with Crippen molar-refractivity contribution in [1.29, 1.82) is 0 Å². The summed E-state index contributed by atoms with van der Waals surface area (Å²) in [5.74, 6) is -0.678. The normalized spacial score (nSPS) is 11.5. The molecule has 4 aromatic carbocycles. The molecule has 0 aromatic heterocycles. The predicted molar refractivity (Wildman–Crippen MR) is 176 cm³/mol. The number of sulfonamides is 2. The topological polar surface area (TPSA) is 151 Å². The van der Waals surface area contributed by atoms with Gasteiger partial charge in [-0.3, -0.25) is 19.0 Å². The Morgan fingerprint density at radius 1 is 0.556 bits per heavy atom. The highest BCUT2D eigenvalue weighted by atomic mass is 32.2. The lowest BCUT2D eigenvalue weighted by Gasteiger charge is -2.11. The Kier molecular flexibility index (Phi) is 10.3. The van der Waals surface area contributed by atoms with Crippen LogP contribution in [0, 0.1) is 27.7 Å². The van der Waals surface area contributed by atoms with Crippen LogP contribution in [-0.2, 0) is 36.1 Å².